The quantitative estimate of drug-likeness (QED) is 0.920. The van der Waals surface area contributed by atoms with E-state index in [-0.39, 0.29) is 16.9 Å². The second-order valence-electron chi connectivity index (χ2n) is 5.51. The van der Waals surface area contributed by atoms with Crippen molar-refractivity contribution < 1.29 is 9.21 Å². The van der Waals surface area contributed by atoms with Crippen LogP contribution in [0, 0.1) is 5.92 Å². The molecule has 0 aliphatic carbocycles. The Kier molecular flexibility index (Phi) is 4.75. The third-order valence-electron chi connectivity index (χ3n) is 3.81. The van der Waals surface area contributed by atoms with Crippen LogP contribution in [0.15, 0.2) is 41.1 Å². The van der Waals surface area contributed by atoms with Gasteiger partial charge in [-0.3, -0.25) is 9.78 Å². The number of carbonyl (C=O) groups excluding carboxylic acids is 1. The van der Waals surface area contributed by atoms with Crippen molar-refractivity contribution >= 4 is 17.5 Å². The van der Waals surface area contributed by atoms with Crippen LogP contribution in [0.2, 0.25) is 5.22 Å². The fourth-order valence-corrected chi connectivity index (χ4v) is 2.84. The van der Waals surface area contributed by atoms with Crippen LogP contribution in [-0.2, 0) is 6.54 Å². The molecule has 0 spiro atoms. The summed E-state index contributed by atoms with van der Waals surface area (Å²) >= 11 is 5.78. The maximum atomic E-state index is 12.7. The van der Waals surface area contributed by atoms with Crippen LogP contribution in [0.5, 0.6) is 0 Å². The van der Waals surface area contributed by atoms with Crippen molar-refractivity contribution in [3.63, 3.8) is 0 Å². The SMILES string of the molecule is O=C(c1ccc(Cl)o1)N(Cc1cccnc1)C[C@H]1CCNC1. The van der Waals surface area contributed by atoms with Crippen LogP contribution in [0.1, 0.15) is 22.5 Å². The number of halogens is 1. The van der Waals surface area contributed by atoms with E-state index in [2.05, 4.69) is 10.3 Å². The second-order valence-corrected chi connectivity index (χ2v) is 5.88. The minimum Gasteiger partial charge on any atom is -0.440 e. The number of pyridine rings is 1. The lowest BCUT2D eigenvalue weighted by atomic mass is 10.1. The first-order valence-electron chi connectivity index (χ1n) is 7.36. The van der Waals surface area contributed by atoms with Crippen LogP contribution >= 0.6 is 11.6 Å². The number of hydrogen-bond acceptors (Lipinski definition) is 4. The number of amides is 1. The molecule has 1 atom stereocenters. The summed E-state index contributed by atoms with van der Waals surface area (Å²) in [5, 5.41) is 3.56. The van der Waals surface area contributed by atoms with Crippen LogP contribution in [0.4, 0.5) is 0 Å². The van der Waals surface area contributed by atoms with Crippen LogP contribution in [0.25, 0.3) is 0 Å². The molecule has 1 fully saturated rings. The first kappa shape index (κ1) is 15.1. The summed E-state index contributed by atoms with van der Waals surface area (Å²) in [6.07, 6.45) is 4.58. The highest BCUT2D eigenvalue weighted by Crippen LogP contribution is 2.19. The number of furan rings is 1. The predicted octanol–water partition coefficient (Wildman–Crippen LogP) is 2.58. The Morgan fingerprint density at radius 3 is 3.00 bits per heavy atom. The third kappa shape index (κ3) is 3.67. The van der Waals surface area contributed by atoms with Gasteiger partial charge in [-0.15, -0.1) is 0 Å². The van der Waals surface area contributed by atoms with Gasteiger partial charge in [-0.05, 0) is 60.8 Å². The monoisotopic (exact) mass is 319 g/mol. The minimum atomic E-state index is -0.136. The van der Waals surface area contributed by atoms with Gasteiger partial charge in [-0.1, -0.05) is 6.07 Å². The third-order valence-corrected chi connectivity index (χ3v) is 4.01. The van der Waals surface area contributed by atoms with Gasteiger partial charge in [-0.25, -0.2) is 0 Å². The summed E-state index contributed by atoms with van der Waals surface area (Å²) in [5.74, 6) is 0.605. The lowest BCUT2D eigenvalue weighted by Gasteiger charge is -2.24. The molecule has 0 bridgehead atoms. The van der Waals surface area contributed by atoms with Crippen molar-refractivity contribution in [1.82, 2.24) is 15.2 Å². The van der Waals surface area contributed by atoms with E-state index in [0.29, 0.717) is 19.0 Å². The van der Waals surface area contributed by atoms with Crippen molar-refractivity contribution in [3.05, 3.63) is 53.2 Å². The van der Waals surface area contributed by atoms with Gasteiger partial charge in [0, 0.05) is 25.5 Å². The van der Waals surface area contributed by atoms with E-state index in [1.807, 2.05) is 17.0 Å². The van der Waals surface area contributed by atoms with Gasteiger partial charge < -0.3 is 14.6 Å². The highest BCUT2D eigenvalue weighted by atomic mass is 35.5. The summed E-state index contributed by atoms with van der Waals surface area (Å²) in [4.78, 5) is 18.6. The normalized spacial score (nSPS) is 17.6. The molecule has 2 aromatic rings. The van der Waals surface area contributed by atoms with Gasteiger partial charge in [0.2, 0.25) is 0 Å². The maximum Gasteiger partial charge on any atom is 0.289 e. The molecule has 116 valence electrons. The van der Waals surface area contributed by atoms with Gasteiger partial charge >= 0.3 is 0 Å². The van der Waals surface area contributed by atoms with E-state index in [9.17, 15) is 4.79 Å². The molecule has 1 aliphatic heterocycles. The topological polar surface area (TPSA) is 58.4 Å². The molecular weight excluding hydrogens is 302 g/mol. The summed E-state index contributed by atoms with van der Waals surface area (Å²) in [5.41, 5.74) is 0.999. The predicted molar refractivity (Wildman–Crippen MR) is 83.7 cm³/mol. The lowest BCUT2D eigenvalue weighted by Crippen LogP contribution is -2.35. The first-order chi connectivity index (χ1) is 10.7. The van der Waals surface area contributed by atoms with Gasteiger partial charge in [0.1, 0.15) is 0 Å². The Morgan fingerprint density at radius 2 is 2.36 bits per heavy atom. The van der Waals surface area contributed by atoms with Crippen LogP contribution in [-0.4, -0.2) is 35.4 Å². The molecule has 1 amide bonds. The molecule has 0 saturated carbocycles. The Balaban J connectivity index is 1.76. The van der Waals surface area contributed by atoms with E-state index in [1.54, 1.807) is 24.5 Å². The molecule has 2 aromatic heterocycles. The largest absolute Gasteiger partial charge is 0.440 e. The molecule has 0 unspecified atom stereocenters. The van der Waals surface area contributed by atoms with Crippen molar-refractivity contribution in [3.8, 4) is 0 Å². The summed E-state index contributed by atoms with van der Waals surface area (Å²) in [7, 11) is 0. The van der Waals surface area contributed by atoms with E-state index in [0.717, 1.165) is 25.1 Å². The number of nitrogens with one attached hydrogen (secondary N) is 1. The fourth-order valence-electron chi connectivity index (χ4n) is 2.70. The molecule has 1 N–H and O–H groups in total. The van der Waals surface area contributed by atoms with Crippen LogP contribution in [0.3, 0.4) is 0 Å². The summed E-state index contributed by atoms with van der Waals surface area (Å²) < 4.78 is 5.27. The highest BCUT2D eigenvalue weighted by Gasteiger charge is 2.24. The molecule has 0 aromatic carbocycles. The van der Waals surface area contributed by atoms with Crippen LogP contribution < -0.4 is 5.32 Å². The summed E-state index contributed by atoms with van der Waals surface area (Å²) in [6.45, 7) is 3.16. The Bertz CT molecular complexity index is 623. The van der Waals surface area contributed by atoms with E-state index >= 15 is 0 Å². The molecule has 0 radical (unpaired) electrons. The van der Waals surface area contributed by atoms with Crippen molar-refractivity contribution in [2.24, 2.45) is 5.92 Å². The van der Waals surface area contributed by atoms with Gasteiger partial charge in [0.25, 0.3) is 5.91 Å². The average Bonchev–Trinajstić information content (AvgIpc) is 3.18. The molecule has 3 heterocycles. The molecule has 1 saturated heterocycles. The second kappa shape index (κ2) is 6.94. The van der Waals surface area contributed by atoms with Crippen molar-refractivity contribution in [2.75, 3.05) is 19.6 Å². The Labute approximate surface area is 134 Å². The smallest absolute Gasteiger partial charge is 0.289 e. The fraction of sp³-hybridized carbons (Fsp3) is 0.375. The number of rotatable bonds is 5. The molecule has 3 rings (SSSR count). The van der Waals surface area contributed by atoms with Gasteiger partial charge in [0.15, 0.2) is 11.0 Å². The molecule has 1 aliphatic rings. The minimum absolute atomic E-state index is 0.136. The van der Waals surface area contributed by atoms with Crippen molar-refractivity contribution in [2.45, 2.75) is 13.0 Å². The van der Waals surface area contributed by atoms with Crippen molar-refractivity contribution in [1.29, 1.82) is 0 Å². The van der Waals surface area contributed by atoms with E-state index in [4.69, 9.17) is 16.0 Å². The van der Waals surface area contributed by atoms with Gasteiger partial charge in [-0.2, -0.15) is 0 Å². The average molecular weight is 320 g/mol. The number of carbonyl (C=O) groups is 1. The summed E-state index contributed by atoms with van der Waals surface area (Å²) in [6, 6.07) is 7.05. The molecule has 6 heteroatoms. The Morgan fingerprint density at radius 1 is 1.45 bits per heavy atom. The molecular formula is C16H18ClN3O2. The molecule has 5 nitrogen and oxygen atoms in total. The highest BCUT2D eigenvalue weighted by molar-refractivity contribution is 6.29. The Hall–Kier alpha value is -1.85. The lowest BCUT2D eigenvalue weighted by molar-refractivity contribution is 0.0686. The maximum absolute atomic E-state index is 12.7. The van der Waals surface area contributed by atoms with E-state index in [1.165, 1.54) is 0 Å². The first-order valence-corrected chi connectivity index (χ1v) is 7.74. The standard InChI is InChI=1S/C16H18ClN3O2/c17-15-4-3-14(22-15)16(21)20(11-13-5-7-19-9-13)10-12-2-1-6-18-8-12/h1-4,6,8,13,19H,5,7,9-11H2/t13-/m0/s1. The zero-order valence-electron chi connectivity index (χ0n) is 12.2. The van der Waals surface area contributed by atoms with E-state index < -0.39 is 0 Å². The number of nitrogens with zero attached hydrogens (tertiary/aromatic N) is 2. The zero-order valence-corrected chi connectivity index (χ0v) is 12.9. The molecule has 22 heavy (non-hydrogen) atoms. The van der Waals surface area contributed by atoms with Gasteiger partial charge in [0.05, 0.1) is 0 Å². The number of aromatic nitrogens is 1. The zero-order chi connectivity index (χ0) is 15.4. The number of hydrogen-bond donors (Lipinski definition) is 1.